The first kappa shape index (κ1) is 24.3. The molecular weight excluding hydrogens is 452 g/mol. The minimum Gasteiger partial charge on any atom is -0.465 e. The van der Waals surface area contributed by atoms with E-state index in [2.05, 4.69) is 15.0 Å². The summed E-state index contributed by atoms with van der Waals surface area (Å²) in [6.45, 7) is 4.90. The Morgan fingerprint density at radius 2 is 1.76 bits per heavy atom. The molecule has 2 aromatic carbocycles. The number of methoxy groups -OCH3 is 1. The zero-order valence-corrected chi connectivity index (χ0v) is 19.0. The molecule has 0 aromatic heterocycles. The van der Waals surface area contributed by atoms with E-state index in [1.807, 2.05) is 6.92 Å². The van der Waals surface area contributed by atoms with E-state index in [9.17, 15) is 28.1 Å². The third-order valence-corrected chi connectivity index (χ3v) is 7.21. The number of piperazine rings is 1. The number of nitrogens with zero attached hydrogens (tertiary/aromatic N) is 3. The predicted molar refractivity (Wildman–Crippen MR) is 120 cm³/mol. The number of likely N-dealkylation sites (N-methyl/N-ethyl adjacent to an activating group) is 1. The maximum Gasteiger partial charge on any atom is 0.338 e. The van der Waals surface area contributed by atoms with Gasteiger partial charge < -0.3 is 15.0 Å². The summed E-state index contributed by atoms with van der Waals surface area (Å²) in [5, 5.41) is 13.7. The van der Waals surface area contributed by atoms with Crippen molar-refractivity contribution >= 4 is 33.3 Å². The number of hydrogen-bond donors (Lipinski definition) is 1. The number of esters is 1. The van der Waals surface area contributed by atoms with Crippen LogP contribution in [0.25, 0.3) is 0 Å². The van der Waals surface area contributed by atoms with Crippen molar-refractivity contribution in [2.75, 3.05) is 45.2 Å². The second kappa shape index (κ2) is 10.1. The van der Waals surface area contributed by atoms with Crippen LogP contribution in [0, 0.1) is 10.1 Å². The van der Waals surface area contributed by atoms with Crippen LogP contribution < -0.4 is 5.32 Å². The number of carbonyl (C=O) groups excluding carboxylic acids is 2. The largest absolute Gasteiger partial charge is 0.465 e. The van der Waals surface area contributed by atoms with E-state index < -0.39 is 32.5 Å². The second-order valence-electron chi connectivity index (χ2n) is 7.34. The van der Waals surface area contributed by atoms with Gasteiger partial charge in [0.05, 0.1) is 22.5 Å². The van der Waals surface area contributed by atoms with Gasteiger partial charge in [-0.3, -0.25) is 14.9 Å². The highest BCUT2D eigenvalue weighted by atomic mass is 32.2. The molecule has 1 heterocycles. The molecular formula is C21H24N4O7S. The summed E-state index contributed by atoms with van der Waals surface area (Å²) in [6.07, 6.45) is 0. The van der Waals surface area contributed by atoms with Gasteiger partial charge in [0.15, 0.2) is 0 Å². The fourth-order valence-corrected chi connectivity index (χ4v) is 4.92. The van der Waals surface area contributed by atoms with Crippen molar-refractivity contribution in [1.29, 1.82) is 0 Å². The van der Waals surface area contributed by atoms with Gasteiger partial charge in [0.2, 0.25) is 10.0 Å². The summed E-state index contributed by atoms with van der Waals surface area (Å²) in [6, 6.07) is 8.98. The fraction of sp³-hybridized carbons (Fsp3) is 0.333. The molecule has 1 amide bonds. The molecule has 3 rings (SSSR count). The summed E-state index contributed by atoms with van der Waals surface area (Å²) < 4.78 is 32.0. The van der Waals surface area contributed by atoms with Crippen LogP contribution in [-0.2, 0) is 14.8 Å². The van der Waals surface area contributed by atoms with E-state index in [-0.39, 0.29) is 21.7 Å². The molecule has 0 bridgehead atoms. The van der Waals surface area contributed by atoms with E-state index in [1.165, 1.54) is 34.6 Å². The monoisotopic (exact) mass is 476 g/mol. The van der Waals surface area contributed by atoms with Gasteiger partial charge >= 0.3 is 5.97 Å². The first-order valence-electron chi connectivity index (χ1n) is 10.2. The van der Waals surface area contributed by atoms with Gasteiger partial charge in [-0.2, -0.15) is 4.31 Å². The minimum atomic E-state index is -3.75. The Hall–Kier alpha value is -3.35. The van der Waals surface area contributed by atoms with Crippen LogP contribution in [0.1, 0.15) is 27.6 Å². The number of carbonyl (C=O) groups is 2. The van der Waals surface area contributed by atoms with Crippen molar-refractivity contribution in [3.63, 3.8) is 0 Å². The molecule has 0 atom stereocenters. The molecule has 1 N–H and O–H groups in total. The first-order valence-corrected chi connectivity index (χ1v) is 11.6. The van der Waals surface area contributed by atoms with Gasteiger partial charge in [0.1, 0.15) is 0 Å². The number of benzene rings is 2. The number of amides is 1. The summed E-state index contributed by atoms with van der Waals surface area (Å²) >= 11 is 0. The number of nitro benzene ring substituents is 1. The Labute approximate surface area is 191 Å². The summed E-state index contributed by atoms with van der Waals surface area (Å²) in [7, 11) is -2.63. The second-order valence-corrected chi connectivity index (χ2v) is 9.28. The van der Waals surface area contributed by atoms with E-state index in [1.54, 1.807) is 0 Å². The number of sulfonamides is 1. The SMILES string of the molecule is CCN1CCN(S(=O)(=O)c2cccc(NC(=O)c3cc(C(=O)OC)cc([N+](=O)[O-])c3)c2)CC1. The van der Waals surface area contributed by atoms with Gasteiger partial charge in [0.25, 0.3) is 11.6 Å². The fourth-order valence-electron chi connectivity index (χ4n) is 3.46. The van der Waals surface area contributed by atoms with E-state index in [0.29, 0.717) is 26.2 Å². The lowest BCUT2D eigenvalue weighted by atomic mass is 10.1. The lowest BCUT2D eigenvalue weighted by Gasteiger charge is -2.33. The topological polar surface area (TPSA) is 139 Å². The third-order valence-electron chi connectivity index (χ3n) is 5.32. The normalized spacial score (nSPS) is 15.1. The van der Waals surface area contributed by atoms with Crippen LogP contribution in [0.2, 0.25) is 0 Å². The van der Waals surface area contributed by atoms with Crippen LogP contribution >= 0.6 is 0 Å². The molecule has 1 saturated heterocycles. The minimum absolute atomic E-state index is 0.0274. The van der Waals surface area contributed by atoms with E-state index >= 15 is 0 Å². The number of nitrogens with one attached hydrogen (secondary N) is 1. The van der Waals surface area contributed by atoms with Crippen molar-refractivity contribution in [3.8, 4) is 0 Å². The maximum atomic E-state index is 13.0. The Bertz CT molecular complexity index is 1170. The zero-order valence-electron chi connectivity index (χ0n) is 18.2. The van der Waals surface area contributed by atoms with Crippen molar-refractivity contribution in [2.24, 2.45) is 0 Å². The quantitative estimate of drug-likeness (QED) is 0.363. The lowest BCUT2D eigenvalue weighted by Crippen LogP contribution is -2.48. The third kappa shape index (κ3) is 5.53. The Morgan fingerprint density at radius 3 is 2.36 bits per heavy atom. The molecule has 0 saturated carbocycles. The molecule has 33 heavy (non-hydrogen) atoms. The summed E-state index contributed by atoms with van der Waals surface area (Å²) in [4.78, 5) is 37.2. The van der Waals surface area contributed by atoms with Crippen LogP contribution in [-0.4, -0.2) is 74.3 Å². The van der Waals surface area contributed by atoms with Gasteiger partial charge in [-0.05, 0) is 30.8 Å². The maximum absolute atomic E-state index is 13.0. The Balaban J connectivity index is 1.83. The molecule has 0 spiro atoms. The van der Waals surface area contributed by atoms with E-state index in [0.717, 1.165) is 25.8 Å². The highest BCUT2D eigenvalue weighted by Crippen LogP contribution is 2.23. The number of nitro groups is 1. The average Bonchev–Trinajstić information content (AvgIpc) is 2.83. The molecule has 12 heteroatoms. The van der Waals surface area contributed by atoms with Gasteiger partial charge in [-0.15, -0.1) is 0 Å². The van der Waals surface area contributed by atoms with Crippen molar-refractivity contribution in [2.45, 2.75) is 11.8 Å². The molecule has 0 radical (unpaired) electrons. The molecule has 2 aromatic rings. The highest BCUT2D eigenvalue weighted by Gasteiger charge is 2.28. The van der Waals surface area contributed by atoms with Gasteiger partial charge in [0, 0.05) is 49.6 Å². The Kier molecular flexibility index (Phi) is 7.41. The van der Waals surface area contributed by atoms with Crippen LogP contribution in [0.3, 0.4) is 0 Å². The van der Waals surface area contributed by atoms with Crippen LogP contribution in [0.15, 0.2) is 47.4 Å². The number of rotatable bonds is 7. The average molecular weight is 477 g/mol. The molecule has 1 aliphatic rings. The van der Waals surface area contributed by atoms with Crippen molar-refractivity contribution < 1.29 is 27.7 Å². The molecule has 1 fully saturated rings. The summed E-state index contributed by atoms with van der Waals surface area (Å²) in [5.41, 5.74) is -0.557. The molecule has 0 unspecified atom stereocenters. The molecule has 176 valence electrons. The number of non-ortho nitro benzene ring substituents is 1. The molecule has 1 aliphatic heterocycles. The van der Waals surface area contributed by atoms with Crippen molar-refractivity contribution in [1.82, 2.24) is 9.21 Å². The highest BCUT2D eigenvalue weighted by molar-refractivity contribution is 7.89. The zero-order chi connectivity index (χ0) is 24.2. The van der Waals surface area contributed by atoms with Gasteiger partial charge in [-0.1, -0.05) is 13.0 Å². The van der Waals surface area contributed by atoms with Gasteiger partial charge in [-0.25, -0.2) is 13.2 Å². The molecule has 11 nitrogen and oxygen atoms in total. The Morgan fingerprint density at radius 1 is 1.09 bits per heavy atom. The van der Waals surface area contributed by atoms with Crippen LogP contribution in [0.4, 0.5) is 11.4 Å². The lowest BCUT2D eigenvalue weighted by molar-refractivity contribution is -0.384. The number of anilines is 1. The summed E-state index contributed by atoms with van der Waals surface area (Å²) in [5.74, 6) is -1.57. The van der Waals surface area contributed by atoms with Crippen LogP contribution in [0.5, 0.6) is 0 Å². The predicted octanol–water partition coefficient (Wildman–Crippen LogP) is 1.96. The van der Waals surface area contributed by atoms with E-state index in [4.69, 9.17) is 0 Å². The first-order chi connectivity index (χ1) is 15.6. The standard InChI is InChI=1S/C21H24N4O7S/c1-3-23-7-9-24(10-8-23)33(30,31)19-6-4-5-17(14-19)22-20(26)15-11-16(21(27)32-2)13-18(12-15)25(28)29/h4-6,11-14H,3,7-10H2,1-2H3,(H,22,26). The number of hydrogen-bond acceptors (Lipinski definition) is 8. The number of ether oxygens (including phenoxy) is 1. The smallest absolute Gasteiger partial charge is 0.338 e. The molecule has 0 aliphatic carbocycles. The van der Waals surface area contributed by atoms with Crippen molar-refractivity contribution in [3.05, 3.63) is 63.7 Å².